The Hall–Kier alpha value is -2.37. The fourth-order valence-electron chi connectivity index (χ4n) is 4.56. The Labute approximate surface area is 160 Å². The number of amides is 1. The number of hydrogen-bond donors (Lipinski definition) is 0. The van der Waals surface area contributed by atoms with Crippen molar-refractivity contribution in [2.75, 3.05) is 31.1 Å². The predicted octanol–water partition coefficient (Wildman–Crippen LogP) is 3.25. The summed E-state index contributed by atoms with van der Waals surface area (Å²) in [6.45, 7) is 7.57. The van der Waals surface area contributed by atoms with E-state index in [9.17, 15) is 4.79 Å². The Bertz CT molecular complexity index is 780. The molecule has 1 aromatic heterocycles. The normalized spacial score (nSPS) is 22.4. The molecule has 1 aromatic carbocycles. The first-order valence-electron chi connectivity index (χ1n) is 10.1. The van der Waals surface area contributed by atoms with Gasteiger partial charge in [0, 0.05) is 32.6 Å². The van der Waals surface area contributed by atoms with Gasteiger partial charge in [0.25, 0.3) is 5.95 Å². The zero-order valence-electron chi connectivity index (χ0n) is 16.2. The quantitative estimate of drug-likeness (QED) is 0.829. The number of carbonyl (C=O) groups excluding carboxylic acids is 1. The summed E-state index contributed by atoms with van der Waals surface area (Å²) in [5.74, 6) is 1.65. The van der Waals surface area contributed by atoms with Crippen molar-refractivity contribution in [3.63, 3.8) is 0 Å². The Kier molecular flexibility index (Phi) is 4.89. The first kappa shape index (κ1) is 18.0. The number of piperidine rings is 2. The van der Waals surface area contributed by atoms with E-state index >= 15 is 0 Å². The number of aryl methyl sites for hydroxylation is 1. The van der Waals surface area contributed by atoms with E-state index in [0.29, 0.717) is 11.8 Å². The molecule has 2 aliphatic heterocycles. The van der Waals surface area contributed by atoms with Gasteiger partial charge in [0.05, 0.1) is 5.92 Å². The van der Waals surface area contributed by atoms with E-state index in [1.54, 1.807) is 0 Å². The van der Waals surface area contributed by atoms with E-state index in [4.69, 9.17) is 4.52 Å². The molecule has 2 saturated heterocycles. The lowest BCUT2D eigenvalue weighted by molar-refractivity contribution is -0.140. The van der Waals surface area contributed by atoms with Crippen LogP contribution in [0.5, 0.6) is 0 Å². The zero-order chi connectivity index (χ0) is 18.9. The Morgan fingerprint density at radius 3 is 2.56 bits per heavy atom. The number of anilines is 1. The Morgan fingerprint density at radius 2 is 1.93 bits per heavy atom. The summed E-state index contributed by atoms with van der Waals surface area (Å²) in [6, 6.07) is 10.3. The van der Waals surface area contributed by atoms with Gasteiger partial charge in [0.1, 0.15) is 0 Å². The minimum Gasteiger partial charge on any atom is -0.342 e. The standard InChI is InChI=1S/C21H28N4O2/c1-3-18-22-20(23-27-18)25-12-10-21(11-13-25)14-17(16-8-6-5-7-9-16)19(26)24(4-2)15-21/h5-9,17H,3-4,10-15H2,1-2H3/t17-/m1/s1. The monoisotopic (exact) mass is 368 g/mol. The molecule has 1 atom stereocenters. The molecule has 2 fully saturated rings. The van der Waals surface area contributed by atoms with Gasteiger partial charge in [-0.2, -0.15) is 4.98 Å². The molecule has 3 heterocycles. The van der Waals surface area contributed by atoms with E-state index in [2.05, 4.69) is 39.0 Å². The van der Waals surface area contributed by atoms with Crippen LogP contribution in [-0.2, 0) is 11.2 Å². The lowest BCUT2D eigenvalue weighted by atomic mass is 9.67. The SMILES string of the molecule is CCc1nc(N2CCC3(CC2)C[C@H](c2ccccc2)C(=O)N(CC)C3)no1. The average Bonchev–Trinajstić information content (AvgIpc) is 3.20. The van der Waals surface area contributed by atoms with Crippen LogP contribution in [0.25, 0.3) is 0 Å². The second kappa shape index (κ2) is 7.33. The van der Waals surface area contributed by atoms with Crippen molar-refractivity contribution >= 4 is 11.9 Å². The van der Waals surface area contributed by atoms with Gasteiger partial charge in [0.15, 0.2) is 0 Å². The number of rotatable bonds is 4. The summed E-state index contributed by atoms with van der Waals surface area (Å²) >= 11 is 0. The molecule has 6 heteroatoms. The molecule has 1 amide bonds. The van der Waals surface area contributed by atoms with Gasteiger partial charge < -0.3 is 14.3 Å². The van der Waals surface area contributed by atoms with Crippen LogP contribution in [0.1, 0.15) is 50.5 Å². The van der Waals surface area contributed by atoms with Crippen molar-refractivity contribution in [2.24, 2.45) is 5.41 Å². The molecular weight excluding hydrogens is 340 g/mol. The molecule has 2 aromatic rings. The first-order valence-corrected chi connectivity index (χ1v) is 10.1. The summed E-state index contributed by atoms with van der Waals surface area (Å²) < 4.78 is 5.27. The molecule has 2 aliphatic rings. The minimum absolute atomic E-state index is 0.0247. The third-order valence-corrected chi connectivity index (χ3v) is 6.22. The molecule has 144 valence electrons. The zero-order valence-corrected chi connectivity index (χ0v) is 16.2. The molecule has 1 spiro atoms. The highest BCUT2D eigenvalue weighted by atomic mass is 16.5. The van der Waals surface area contributed by atoms with Crippen molar-refractivity contribution < 1.29 is 9.32 Å². The molecule has 0 bridgehead atoms. The molecule has 0 saturated carbocycles. The molecular formula is C21H28N4O2. The third-order valence-electron chi connectivity index (χ3n) is 6.22. The number of aromatic nitrogens is 2. The van der Waals surface area contributed by atoms with Crippen LogP contribution >= 0.6 is 0 Å². The minimum atomic E-state index is -0.0247. The molecule has 6 nitrogen and oxygen atoms in total. The molecule has 4 rings (SSSR count). The maximum atomic E-state index is 13.0. The highest BCUT2D eigenvalue weighted by Gasteiger charge is 2.46. The molecule has 0 radical (unpaired) electrons. The van der Waals surface area contributed by atoms with Crippen LogP contribution in [-0.4, -0.2) is 47.1 Å². The van der Waals surface area contributed by atoms with Crippen molar-refractivity contribution in [1.29, 1.82) is 0 Å². The summed E-state index contributed by atoms with van der Waals surface area (Å²) in [5, 5.41) is 4.13. The van der Waals surface area contributed by atoms with Gasteiger partial charge in [-0.25, -0.2) is 0 Å². The van der Waals surface area contributed by atoms with Crippen LogP contribution in [0, 0.1) is 5.41 Å². The Morgan fingerprint density at radius 1 is 1.19 bits per heavy atom. The molecule has 0 unspecified atom stereocenters. The number of likely N-dealkylation sites (N-methyl/N-ethyl adjacent to an activating group) is 1. The number of nitrogens with zero attached hydrogens (tertiary/aromatic N) is 4. The molecule has 0 N–H and O–H groups in total. The largest absolute Gasteiger partial charge is 0.342 e. The van der Waals surface area contributed by atoms with Crippen LogP contribution < -0.4 is 4.90 Å². The average molecular weight is 368 g/mol. The Balaban J connectivity index is 1.51. The van der Waals surface area contributed by atoms with E-state index in [0.717, 1.165) is 57.4 Å². The van der Waals surface area contributed by atoms with Crippen molar-refractivity contribution in [1.82, 2.24) is 15.0 Å². The number of likely N-dealkylation sites (tertiary alicyclic amines) is 1. The topological polar surface area (TPSA) is 62.5 Å². The highest BCUT2D eigenvalue weighted by Crippen LogP contribution is 2.45. The number of benzene rings is 1. The summed E-state index contributed by atoms with van der Waals surface area (Å²) in [7, 11) is 0. The van der Waals surface area contributed by atoms with Crippen LogP contribution in [0.15, 0.2) is 34.9 Å². The van der Waals surface area contributed by atoms with Gasteiger partial charge in [0.2, 0.25) is 11.8 Å². The van der Waals surface area contributed by atoms with Crippen molar-refractivity contribution in [3.8, 4) is 0 Å². The molecule has 27 heavy (non-hydrogen) atoms. The smallest absolute Gasteiger partial charge is 0.266 e. The van der Waals surface area contributed by atoms with E-state index in [1.165, 1.54) is 0 Å². The third kappa shape index (κ3) is 3.45. The summed E-state index contributed by atoms with van der Waals surface area (Å²) in [4.78, 5) is 21.7. The number of carbonyl (C=O) groups is 1. The van der Waals surface area contributed by atoms with E-state index in [-0.39, 0.29) is 17.2 Å². The second-order valence-corrected chi connectivity index (χ2v) is 7.85. The van der Waals surface area contributed by atoms with E-state index < -0.39 is 0 Å². The lowest BCUT2D eigenvalue weighted by Gasteiger charge is -2.49. The predicted molar refractivity (Wildman–Crippen MR) is 104 cm³/mol. The van der Waals surface area contributed by atoms with Gasteiger partial charge in [-0.1, -0.05) is 37.3 Å². The van der Waals surface area contributed by atoms with Crippen molar-refractivity contribution in [3.05, 3.63) is 41.8 Å². The van der Waals surface area contributed by atoms with Gasteiger partial charge in [-0.3, -0.25) is 4.79 Å². The van der Waals surface area contributed by atoms with Gasteiger partial charge in [-0.15, -0.1) is 0 Å². The van der Waals surface area contributed by atoms with Gasteiger partial charge in [-0.05, 0) is 42.3 Å². The van der Waals surface area contributed by atoms with Crippen molar-refractivity contribution in [2.45, 2.75) is 45.4 Å². The van der Waals surface area contributed by atoms with Crippen LogP contribution in [0.3, 0.4) is 0 Å². The fourth-order valence-corrected chi connectivity index (χ4v) is 4.56. The molecule has 0 aliphatic carbocycles. The lowest BCUT2D eigenvalue weighted by Crippen LogP contribution is -2.54. The highest BCUT2D eigenvalue weighted by molar-refractivity contribution is 5.84. The summed E-state index contributed by atoms with van der Waals surface area (Å²) in [6.07, 6.45) is 3.80. The van der Waals surface area contributed by atoms with Crippen LogP contribution in [0.2, 0.25) is 0 Å². The van der Waals surface area contributed by atoms with Crippen LogP contribution in [0.4, 0.5) is 5.95 Å². The second-order valence-electron chi connectivity index (χ2n) is 7.85. The number of hydrogen-bond acceptors (Lipinski definition) is 5. The maximum Gasteiger partial charge on any atom is 0.266 e. The fraction of sp³-hybridized carbons (Fsp3) is 0.571. The van der Waals surface area contributed by atoms with Gasteiger partial charge >= 0.3 is 0 Å². The summed E-state index contributed by atoms with van der Waals surface area (Å²) in [5.41, 5.74) is 1.33. The van der Waals surface area contributed by atoms with E-state index in [1.807, 2.05) is 25.1 Å². The first-order chi connectivity index (χ1) is 13.1. The maximum absolute atomic E-state index is 13.0.